The quantitative estimate of drug-likeness (QED) is 0.302. The number of rotatable bonds is 1. The van der Waals surface area contributed by atoms with Crippen LogP contribution in [0.25, 0.3) is 32.8 Å². The van der Waals surface area contributed by atoms with E-state index in [2.05, 4.69) is 88.8 Å². The average Bonchev–Trinajstić information content (AvgIpc) is 2.69. The lowest BCUT2D eigenvalue weighted by atomic mass is 9.86. The predicted molar refractivity (Wildman–Crippen MR) is 116 cm³/mol. The first-order valence-electron chi connectivity index (χ1n) is 10.1. The molecule has 2 nitrogen and oxygen atoms in total. The van der Waals surface area contributed by atoms with Gasteiger partial charge in [0.05, 0.1) is 10.9 Å². The van der Waals surface area contributed by atoms with E-state index < -0.39 is 0 Å². The normalized spacial score (nSPS) is 12.5. The van der Waals surface area contributed by atoms with Gasteiger partial charge in [0.2, 0.25) is 5.69 Å². The van der Waals surface area contributed by atoms with Gasteiger partial charge in [-0.15, -0.1) is 0 Å². The van der Waals surface area contributed by atoms with Crippen molar-refractivity contribution in [2.45, 2.75) is 40.5 Å². The molecule has 5 rings (SSSR count). The molecule has 0 spiro atoms. The van der Waals surface area contributed by atoms with Gasteiger partial charge in [0.15, 0.2) is 6.20 Å². The van der Waals surface area contributed by atoms with E-state index in [0.29, 0.717) is 5.92 Å². The minimum atomic E-state index is 0.461. The average molecular weight is 369 g/mol. The lowest BCUT2D eigenvalue weighted by molar-refractivity contribution is -0.659. The second kappa shape index (κ2) is 5.81. The molecule has 0 saturated carbocycles. The molecule has 1 aliphatic heterocycles. The minimum Gasteiger partial charge on any atom is -0.455 e. The van der Waals surface area contributed by atoms with Crippen LogP contribution in [0.3, 0.4) is 0 Å². The summed E-state index contributed by atoms with van der Waals surface area (Å²) in [6.45, 7) is 11.1. The van der Waals surface area contributed by atoms with Gasteiger partial charge in [-0.2, -0.15) is 0 Å². The van der Waals surface area contributed by atoms with Crippen molar-refractivity contribution in [2.75, 3.05) is 0 Å². The highest BCUT2D eigenvalue weighted by atomic mass is 16.5. The van der Waals surface area contributed by atoms with Crippen LogP contribution in [0, 0.1) is 20.8 Å². The first-order valence-corrected chi connectivity index (χ1v) is 10.1. The molecular weight excluding hydrogens is 342 g/mol. The first kappa shape index (κ1) is 17.2. The van der Waals surface area contributed by atoms with E-state index in [1.165, 1.54) is 55.1 Å². The standard InChI is InChI=1S/C26H26NO/c1-14(2)21-13-18-11-12-27(6)24-22-15(3)19-9-7-8-10-20(19)16(4)25(22)28-26(17(21)5)23(18)24/h7-14H,1-6H3/q+1. The molecule has 0 saturated heterocycles. The van der Waals surface area contributed by atoms with Crippen molar-refractivity contribution in [3.05, 3.63) is 64.8 Å². The van der Waals surface area contributed by atoms with Gasteiger partial charge in [-0.25, -0.2) is 4.57 Å². The molecule has 0 aliphatic carbocycles. The molecule has 0 bridgehead atoms. The lowest BCUT2D eigenvalue weighted by Gasteiger charge is -2.26. The maximum absolute atomic E-state index is 6.73. The Hall–Kier alpha value is -2.87. The summed E-state index contributed by atoms with van der Waals surface area (Å²) in [6.07, 6.45) is 2.18. The molecule has 0 N–H and O–H groups in total. The topological polar surface area (TPSA) is 13.1 Å². The zero-order valence-corrected chi connectivity index (χ0v) is 17.5. The molecule has 28 heavy (non-hydrogen) atoms. The maximum Gasteiger partial charge on any atom is 0.228 e. The fraction of sp³-hybridized carbons (Fsp3) is 0.269. The minimum absolute atomic E-state index is 0.461. The van der Waals surface area contributed by atoms with Crippen LogP contribution >= 0.6 is 0 Å². The second-order valence-corrected chi connectivity index (χ2v) is 8.42. The van der Waals surface area contributed by atoms with Crippen LogP contribution in [0.2, 0.25) is 0 Å². The number of hydrogen-bond donors (Lipinski definition) is 0. The van der Waals surface area contributed by atoms with Crippen LogP contribution in [0.1, 0.15) is 42.0 Å². The van der Waals surface area contributed by atoms with E-state index >= 15 is 0 Å². The Morgan fingerprint density at radius 1 is 0.857 bits per heavy atom. The Kier molecular flexibility index (Phi) is 3.58. The summed E-state index contributed by atoms with van der Waals surface area (Å²) >= 11 is 0. The first-order chi connectivity index (χ1) is 13.4. The monoisotopic (exact) mass is 368 g/mol. The Morgan fingerprint density at radius 3 is 2.21 bits per heavy atom. The number of hydrogen-bond acceptors (Lipinski definition) is 1. The van der Waals surface area contributed by atoms with Crippen LogP contribution in [-0.4, -0.2) is 0 Å². The van der Waals surface area contributed by atoms with E-state index in [4.69, 9.17) is 4.74 Å². The van der Waals surface area contributed by atoms with E-state index in [1.807, 2.05) is 0 Å². The van der Waals surface area contributed by atoms with Crippen LogP contribution < -0.4 is 9.30 Å². The van der Waals surface area contributed by atoms with Crippen molar-refractivity contribution in [2.24, 2.45) is 7.05 Å². The highest BCUT2D eigenvalue weighted by molar-refractivity contribution is 6.07. The zero-order chi connectivity index (χ0) is 19.7. The van der Waals surface area contributed by atoms with E-state index in [1.54, 1.807) is 0 Å². The van der Waals surface area contributed by atoms with Gasteiger partial charge in [0, 0.05) is 11.6 Å². The smallest absolute Gasteiger partial charge is 0.228 e. The molecule has 2 heterocycles. The maximum atomic E-state index is 6.73. The van der Waals surface area contributed by atoms with Crippen molar-refractivity contribution in [1.82, 2.24) is 0 Å². The molecular formula is C26H26NO+. The van der Waals surface area contributed by atoms with E-state index in [0.717, 1.165) is 11.5 Å². The second-order valence-electron chi connectivity index (χ2n) is 8.42. The molecule has 1 aromatic heterocycles. The number of pyridine rings is 1. The summed E-state index contributed by atoms with van der Waals surface area (Å²) in [5.74, 6) is 2.50. The molecule has 0 atom stereocenters. The van der Waals surface area contributed by atoms with Gasteiger partial charge in [-0.05, 0) is 65.6 Å². The van der Waals surface area contributed by atoms with Crippen molar-refractivity contribution in [3.63, 3.8) is 0 Å². The third-order valence-corrected chi connectivity index (χ3v) is 6.41. The Bertz CT molecular complexity index is 1300. The van der Waals surface area contributed by atoms with Gasteiger partial charge in [0.25, 0.3) is 0 Å². The fourth-order valence-corrected chi connectivity index (χ4v) is 4.91. The van der Waals surface area contributed by atoms with Gasteiger partial charge in [-0.1, -0.05) is 38.1 Å². The molecule has 3 aromatic carbocycles. The molecule has 0 unspecified atom stereocenters. The van der Waals surface area contributed by atoms with Crippen molar-refractivity contribution in [3.8, 4) is 22.8 Å². The molecule has 0 fully saturated rings. The Labute approximate surface area is 166 Å². The SMILES string of the molecule is Cc1c(C(C)C)cc2cc[n+](C)c3c2c1Oc1c-3c(C)c2ccccc2c1C. The third kappa shape index (κ3) is 2.12. The Morgan fingerprint density at radius 2 is 1.54 bits per heavy atom. The van der Waals surface area contributed by atoms with Crippen molar-refractivity contribution < 1.29 is 9.30 Å². The molecule has 0 radical (unpaired) electrons. The number of aryl methyl sites for hydroxylation is 3. The van der Waals surface area contributed by atoms with Crippen LogP contribution in [0.4, 0.5) is 0 Å². The highest BCUT2D eigenvalue weighted by Crippen LogP contribution is 2.52. The highest BCUT2D eigenvalue weighted by Gasteiger charge is 2.33. The van der Waals surface area contributed by atoms with Gasteiger partial charge in [0.1, 0.15) is 18.5 Å². The fourth-order valence-electron chi connectivity index (χ4n) is 4.91. The number of fused-ring (bicyclic) bond motifs is 3. The largest absolute Gasteiger partial charge is 0.455 e. The van der Waals surface area contributed by atoms with Crippen LogP contribution in [0.15, 0.2) is 42.6 Å². The summed E-state index contributed by atoms with van der Waals surface area (Å²) in [5, 5.41) is 5.07. The van der Waals surface area contributed by atoms with Crippen LogP contribution in [0.5, 0.6) is 11.5 Å². The summed E-state index contributed by atoms with van der Waals surface area (Å²) in [7, 11) is 2.14. The molecule has 2 heteroatoms. The zero-order valence-electron chi connectivity index (χ0n) is 17.5. The molecule has 0 amide bonds. The van der Waals surface area contributed by atoms with Crippen molar-refractivity contribution in [1.29, 1.82) is 0 Å². The Balaban J connectivity index is 2.02. The number of ether oxygens (including phenoxy) is 1. The summed E-state index contributed by atoms with van der Waals surface area (Å²) in [4.78, 5) is 0. The number of benzene rings is 3. The summed E-state index contributed by atoms with van der Waals surface area (Å²) < 4.78 is 8.99. The summed E-state index contributed by atoms with van der Waals surface area (Å²) in [6, 6.07) is 13.2. The molecule has 1 aliphatic rings. The van der Waals surface area contributed by atoms with Gasteiger partial charge in [-0.3, -0.25) is 0 Å². The van der Waals surface area contributed by atoms with Crippen molar-refractivity contribution >= 4 is 21.5 Å². The van der Waals surface area contributed by atoms with E-state index in [-0.39, 0.29) is 0 Å². The molecule has 4 aromatic rings. The predicted octanol–water partition coefficient (Wildman–Crippen LogP) is 6.64. The number of aromatic nitrogens is 1. The van der Waals surface area contributed by atoms with Gasteiger partial charge < -0.3 is 4.74 Å². The third-order valence-electron chi connectivity index (χ3n) is 6.41. The summed E-state index contributed by atoms with van der Waals surface area (Å²) in [5.41, 5.74) is 7.61. The van der Waals surface area contributed by atoms with Gasteiger partial charge >= 0.3 is 0 Å². The van der Waals surface area contributed by atoms with Crippen LogP contribution in [-0.2, 0) is 7.05 Å². The molecule has 140 valence electrons. The lowest BCUT2D eigenvalue weighted by Crippen LogP contribution is -2.32. The van der Waals surface area contributed by atoms with E-state index in [9.17, 15) is 0 Å². The number of nitrogens with zero attached hydrogens (tertiary/aromatic N) is 1.